The van der Waals surface area contributed by atoms with Gasteiger partial charge in [-0.25, -0.2) is 4.79 Å². The van der Waals surface area contributed by atoms with E-state index < -0.39 is 4.93 Å². The minimum atomic E-state index is -1.03. The molecule has 3 aromatic carbocycles. The van der Waals surface area contributed by atoms with Crippen LogP contribution in [0.4, 0.5) is 0 Å². The lowest BCUT2D eigenvalue weighted by atomic mass is 9.87. The number of hydrogen-bond acceptors (Lipinski definition) is 6. The van der Waals surface area contributed by atoms with Gasteiger partial charge >= 0.3 is 5.97 Å². The van der Waals surface area contributed by atoms with Crippen molar-refractivity contribution in [3.05, 3.63) is 89.3 Å². The third-order valence-corrected chi connectivity index (χ3v) is 7.75. The minimum absolute atomic E-state index is 0. The van der Waals surface area contributed by atoms with E-state index >= 15 is 0 Å². The first-order chi connectivity index (χ1) is 17.2. The molecule has 1 saturated heterocycles. The van der Waals surface area contributed by atoms with Gasteiger partial charge < -0.3 is 19.5 Å². The summed E-state index contributed by atoms with van der Waals surface area (Å²) >= 11 is 1.36. The quantitative estimate of drug-likeness (QED) is 0.353. The van der Waals surface area contributed by atoms with Crippen LogP contribution in [0.1, 0.15) is 36.8 Å². The average molecular weight is 526 g/mol. The lowest BCUT2D eigenvalue weighted by Gasteiger charge is -2.33. The van der Waals surface area contributed by atoms with E-state index in [1.54, 1.807) is 0 Å². The first-order valence-electron chi connectivity index (χ1n) is 12.3. The fourth-order valence-electron chi connectivity index (χ4n) is 4.78. The molecule has 0 amide bonds. The average Bonchev–Trinajstić information content (AvgIpc) is 3.38. The normalized spacial score (nSPS) is 23.2. The molecule has 2 aliphatic rings. The molecule has 0 bridgehead atoms. The number of thioether (sulfide) groups is 1. The number of rotatable bonds is 8. The molecule has 2 aliphatic heterocycles. The summed E-state index contributed by atoms with van der Waals surface area (Å²) < 4.78 is 17.9. The van der Waals surface area contributed by atoms with Crippen molar-refractivity contribution < 1.29 is 19.0 Å². The third kappa shape index (κ3) is 5.89. The Kier molecular flexibility index (Phi) is 8.96. The summed E-state index contributed by atoms with van der Waals surface area (Å²) in [5, 5.41) is 7.86. The number of ether oxygens (including phenoxy) is 3. The van der Waals surface area contributed by atoms with E-state index in [0.717, 1.165) is 19.5 Å². The molecule has 0 radical (unpaired) electrons. The maximum atomic E-state index is 12.6. The highest BCUT2D eigenvalue weighted by Gasteiger charge is 2.44. The highest BCUT2D eigenvalue weighted by Crippen LogP contribution is 2.40. The van der Waals surface area contributed by atoms with Gasteiger partial charge in [0.05, 0.1) is 19.3 Å². The van der Waals surface area contributed by atoms with Crippen LogP contribution in [-0.4, -0.2) is 36.7 Å². The first kappa shape index (κ1) is 26.6. The standard InChI is InChI=1S/C29H31NO4S.ClH/c1-2-32-28(31)29(15-5-17-35-29)34-25-12-10-23(11-13-25)26-14-16-30-19-27(26)33-20-21-8-9-22-6-3-4-7-24(22)18-21;/h3-13,17-18,26-27,30H,2,14-16,19-20H2,1H3;1H. The van der Waals surface area contributed by atoms with Gasteiger partial charge in [-0.3, -0.25) is 0 Å². The van der Waals surface area contributed by atoms with Crippen LogP contribution >= 0.6 is 24.2 Å². The number of hydrogen-bond donors (Lipinski definition) is 1. The lowest BCUT2D eigenvalue weighted by Crippen LogP contribution is -2.41. The number of benzene rings is 3. The van der Waals surface area contributed by atoms with Crippen molar-refractivity contribution in [2.45, 2.75) is 43.3 Å². The minimum Gasteiger partial charge on any atom is -0.464 e. The Bertz CT molecular complexity index is 1190. The van der Waals surface area contributed by atoms with E-state index in [2.05, 4.69) is 59.9 Å². The predicted octanol–water partition coefficient (Wildman–Crippen LogP) is 6.21. The van der Waals surface area contributed by atoms with Gasteiger partial charge in [-0.15, -0.1) is 12.4 Å². The molecule has 5 rings (SSSR count). The molecule has 190 valence electrons. The molecule has 3 unspecified atom stereocenters. The van der Waals surface area contributed by atoms with Crippen LogP contribution in [0.5, 0.6) is 5.75 Å². The summed E-state index contributed by atoms with van der Waals surface area (Å²) in [6.45, 7) is 4.52. The van der Waals surface area contributed by atoms with E-state index in [-0.39, 0.29) is 24.5 Å². The maximum absolute atomic E-state index is 12.6. The number of piperidine rings is 1. The van der Waals surface area contributed by atoms with Gasteiger partial charge in [0, 0.05) is 18.9 Å². The largest absolute Gasteiger partial charge is 0.464 e. The number of nitrogens with one attached hydrogen (secondary N) is 1. The van der Waals surface area contributed by atoms with E-state index in [9.17, 15) is 4.79 Å². The molecule has 0 aliphatic carbocycles. The van der Waals surface area contributed by atoms with Crippen molar-refractivity contribution in [2.24, 2.45) is 0 Å². The van der Waals surface area contributed by atoms with E-state index in [0.29, 0.717) is 31.3 Å². The van der Waals surface area contributed by atoms with Crippen LogP contribution in [0.2, 0.25) is 0 Å². The molecule has 5 nitrogen and oxygen atoms in total. The topological polar surface area (TPSA) is 56.8 Å². The maximum Gasteiger partial charge on any atom is 0.362 e. The molecule has 3 atom stereocenters. The number of carbonyl (C=O) groups excluding carboxylic acids is 1. The summed E-state index contributed by atoms with van der Waals surface area (Å²) in [5.41, 5.74) is 2.41. The van der Waals surface area contributed by atoms with Crippen molar-refractivity contribution in [3.8, 4) is 5.75 Å². The summed E-state index contributed by atoms with van der Waals surface area (Å²) in [7, 11) is 0. The van der Waals surface area contributed by atoms with Gasteiger partial charge in [0.2, 0.25) is 0 Å². The van der Waals surface area contributed by atoms with Crippen molar-refractivity contribution in [1.29, 1.82) is 0 Å². The Morgan fingerprint density at radius 2 is 1.89 bits per heavy atom. The molecule has 0 aromatic heterocycles. The second kappa shape index (κ2) is 12.2. The molecule has 3 aromatic rings. The molecule has 1 fully saturated rings. The smallest absolute Gasteiger partial charge is 0.362 e. The van der Waals surface area contributed by atoms with Crippen molar-refractivity contribution in [2.75, 3.05) is 19.7 Å². The Balaban J connectivity index is 0.00000304. The van der Waals surface area contributed by atoms with Gasteiger partial charge in [-0.05, 0) is 65.4 Å². The van der Waals surface area contributed by atoms with Crippen LogP contribution in [0.25, 0.3) is 10.8 Å². The fraction of sp³-hybridized carbons (Fsp3) is 0.345. The fourth-order valence-corrected chi connectivity index (χ4v) is 5.69. The zero-order chi connectivity index (χ0) is 24.1. The first-order valence-corrected chi connectivity index (χ1v) is 13.1. The Labute approximate surface area is 223 Å². The zero-order valence-corrected chi connectivity index (χ0v) is 22.0. The van der Waals surface area contributed by atoms with Gasteiger partial charge in [0.15, 0.2) is 0 Å². The monoisotopic (exact) mass is 525 g/mol. The van der Waals surface area contributed by atoms with Crippen molar-refractivity contribution in [1.82, 2.24) is 5.32 Å². The van der Waals surface area contributed by atoms with E-state index in [1.165, 1.54) is 33.7 Å². The van der Waals surface area contributed by atoms with E-state index in [1.807, 2.05) is 30.5 Å². The van der Waals surface area contributed by atoms with Crippen LogP contribution in [-0.2, 0) is 20.9 Å². The molecule has 36 heavy (non-hydrogen) atoms. The molecule has 1 N–H and O–H groups in total. The Hall–Kier alpha value is -2.51. The number of esters is 1. The molecule has 2 heterocycles. The van der Waals surface area contributed by atoms with Crippen LogP contribution in [0, 0.1) is 0 Å². The summed E-state index contributed by atoms with van der Waals surface area (Å²) in [4.78, 5) is 11.5. The van der Waals surface area contributed by atoms with Gasteiger partial charge in [0.25, 0.3) is 4.93 Å². The van der Waals surface area contributed by atoms with Gasteiger partial charge in [0.1, 0.15) is 5.75 Å². The van der Waals surface area contributed by atoms with E-state index in [4.69, 9.17) is 14.2 Å². The van der Waals surface area contributed by atoms with Crippen LogP contribution in [0.15, 0.2) is 78.2 Å². The molecule has 0 spiro atoms. The second-order valence-corrected chi connectivity index (χ2v) is 10.1. The van der Waals surface area contributed by atoms with Crippen molar-refractivity contribution >= 4 is 40.9 Å². The Morgan fingerprint density at radius 1 is 1.08 bits per heavy atom. The lowest BCUT2D eigenvalue weighted by molar-refractivity contribution is -0.153. The van der Waals surface area contributed by atoms with Gasteiger partial charge in [-0.2, -0.15) is 0 Å². The zero-order valence-electron chi connectivity index (χ0n) is 20.4. The predicted molar refractivity (Wildman–Crippen MR) is 148 cm³/mol. The highest BCUT2D eigenvalue weighted by atomic mass is 35.5. The molecular weight excluding hydrogens is 494 g/mol. The third-order valence-electron chi connectivity index (χ3n) is 6.62. The summed E-state index contributed by atoms with van der Waals surface area (Å²) in [5.74, 6) is 0.632. The number of halogens is 1. The number of fused-ring (bicyclic) bond motifs is 1. The van der Waals surface area contributed by atoms with Gasteiger partial charge in [-0.1, -0.05) is 66.4 Å². The summed E-state index contributed by atoms with van der Waals surface area (Å²) in [6, 6.07) is 23.0. The summed E-state index contributed by atoms with van der Waals surface area (Å²) in [6.07, 6.45) is 3.54. The second-order valence-electron chi connectivity index (χ2n) is 8.97. The highest BCUT2D eigenvalue weighted by molar-refractivity contribution is 8.04. The molecular formula is C29H32ClNO4S. The number of carbonyl (C=O) groups is 1. The van der Waals surface area contributed by atoms with Crippen LogP contribution in [0.3, 0.4) is 0 Å². The van der Waals surface area contributed by atoms with Crippen LogP contribution < -0.4 is 10.1 Å². The Morgan fingerprint density at radius 3 is 2.64 bits per heavy atom. The van der Waals surface area contributed by atoms with Crippen molar-refractivity contribution in [3.63, 3.8) is 0 Å². The molecule has 0 saturated carbocycles. The SMILES string of the molecule is CCOC(=O)C1(Oc2ccc(C3CCNCC3OCc3ccc4ccccc4c3)cc2)CC=CS1.Cl. The molecule has 7 heteroatoms.